The van der Waals surface area contributed by atoms with Crippen LogP contribution < -0.4 is 16.0 Å². The molecule has 1 aromatic heterocycles. The van der Waals surface area contributed by atoms with Crippen LogP contribution in [0.1, 0.15) is 107 Å². The van der Waals surface area contributed by atoms with Crippen LogP contribution >= 0.6 is 11.3 Å². The molecular formula is C39H57N5O7S. The second kappa shape index (κ2) is 17.3. The number of esters is 2. The number of rotatable bonds is 19. The number of ether oxygens (including phenoxy) is 2. The number of hydrogen-bond donors (Lipinski definition) is 3. The summed E-state index contributed by atoms with van der Waals surface area (Å²) in [6.45, 7) is 11.1. The van der Waals surface area contributed by atoms with Gasteiger partial charge in [0.25, 0.3) is 5.91 Å². The molecule has 5 rings (SSSR count). The summed E-state index contributed by atoms with van der Waals surface area (Å²) in [4.78, 5) is 72.1. The number of hydrogen-bond acceptors (Lipinski definition) is 10. The smallest absolute Gasteiger partial charge is 0.308 e. The first kappa shape index (κ1) is 40.9. The summed E-state index contributed by atoms with van der Waals surface area (Å²) in [5, 5.41) is 11.6. The van der Waals surface area contributed by atoms with Gasteiger partial charge in [-0.25, -0.2) is 4.98 Å². The third-order valence-electron chi connectivity index (χ3n) is 11.1. The molecular weight excluding hydrogens is 683 g/mol. The molecule has 3 saturated carbocycles. The summed E-state index contributed by atoms with van der Waals surface area (Å²) in [6, 6.07) is 8.25. The van der Waals surface area contributed by atoms with Gasteiger partial charge in [0.2, 0.25) is 11.8 Å². The minimum atomic E-state index is -0.818. The normalized spacial score (nSPS) is 22.3. The molecule has 0 radical (unpaired) electrons. The maximum atomic E-state index is 14.2. The van der Waals surface area contributed by atoms with Crippen LogP contribution in [0.4, 0.5) is 0 Å². The van der Waals surface area contributed by atoms with Gasteiger partial charge < -0.3 is 30.3 Å². The van der Waals surface area contributed by atoms with E-state index >= 15 is 0 Å². The van der Waals surface area contributed by atoms with Crippen LogP contribution in [0.15, 0.2) is 35.7 Å². The van der Waals surface area contributed by atoms with Crippen molar-refractivity contribution in [2.24, 2.45) is 23.2 Å². The van der Waals surface area contributed by atoms with Crippen LogP contribution in [-0.4, -0.2) is 84.4 Å². The van der Waals surface area contributed by atoms with Crippen LogP contribution in [0.5, 0.6) is 0 Å². The average Bonchev–Trinajstić information content (AvgIpc) is 3.57. The van der Waals surface area contributed by atoms with Crippen molar-refractivity contribution in [2.75, 3.05) is 21.2 Å². The highest BCUT2D eigenvalue weighted by Gasteiger charge is 2.71. The van der Waals surface area contributed by atoms with E-state index in [0.717, 1.165) is 24.8 Å². The predicted octanol–water partition coefficient (Wildman–Crippen LogP) is 4.83. The summed E-state index contributed by atoms with van der Waals surface area (Å²) in [6.07, 6.45) is 3.36. The van der Waals surface area contributed by atoms with E-state index in [9.17, 15) is 24.0 Å². The van der Waals surface area contributed by atoms with Crippen molar-refractivity contribution in [3.63, 3.8) is 0 Å². The molecule has 6 atom stereocenters. The number of likely N-dealkylation sites (N-methyl/N-ethyl adjacent to an activating group) is 1. The van der Waals surface area contributed by atoms with Gasteiger partial charge in [0.05, 0.1) is 18.4 Å². The van der Waals surface area contributed by atoms with Gasteiger partial charge in [0.1, 0.15) is 16.7 Å². The molecule has 3 aliphatic carbocycles. The van der Waals surface area contributed by atoms with Gasteiger partial charge >= 0.3 is 11.9 Å². The van der Waals surface area contributed by atoms with E-state index in [-0.39, 0.29) is 59.4 Å². The number of nitrogens with one attached hydrogen (secondary N) is 3. The third-order valence-corrected chi connectivity index (χ3v) is 12.1. The van der Waals surface area contributed by atoms with Crippen molar-refractivity contribution >= 4 is 41.0 Å². The zero-order valence-electron chi connectivity index (χ0n) is 32.1. The molecule has 2 aromatic rings. The average molecular weight is 740 g/mol. The highest BCUT2D eigenvalue weighted by atomic mass is 32.1. The Balaban J connectivity index is 1.49. The van der Waals surface area contributed by atoms with Crippen molar-refractivity contribution in [1.82, 2.24) is 25.8 Å². The molecule has 0 aliphatic heterocycles. The van der Waals surface area contributed by atoms with E-state index in [1.807, 2.05) is 65.1 Å². The van der Waals surface area contributed by atoms with E-state index in [2.05, 4.69) is 20.9 Å². The number of carbonyl (C=O) groups is 5. The summed E-state index contributed by atoms with van der Waals surface area (Å²) < 4.78 is 10.7. The molecule has 3 aliphatic rings. The summed E-state index contributed by atoms with van der Waals surface area (Å²) >= 11 is 1.21. The lowest BCUT2D eigenvalue weighted by atomic mass is 9.39. The predicted molar refractivity (Wildman–Crippen MR) is 199 cm³/mol. The zero-order valence-corrected chi connectivity index (χ0v) is 32.9. The lowest BCUT2D eigenvalue weighted by Gasteiger charge is -2.69. The van der Waals surface area contributed by atoms with Crippen molar-refractivity contribution in [3.05, 3.63) is 52.0 Å². The van der Waals surface area contributed by atoms with Crippen molar-refractivity contribution in [1.29, 1.82) is 0 Å². The highest BCUT2D eigenvalue weighted by Crippen LogP contribution is 2.67. The van der Waals surface area contributed by atoms with Gasteiger partial charge in [0.15, 0.2) is 6.10 Å². The van der Waals surface area contributed by atoms with Crippen molar-refractivity contribution < 1.29 is 33.4 Å². The van der Waals surface area contributed by atoms with Crippen LogP contribution in [0.25, 0.3) is 0 Å². The van der Waals surface area contributed by atoms with Gasteiger partial charge in [-0.1, -0.05) is 71.4 Å². The molecule has 1 aromatic carbocycles. The fourth-order valence-corrected chi connectivity index (χ4v) is 8.61. The van der Waals surface area contributed by atoms with E-state index in [4.69, 9.17) is 9.47 Å². The quantitative estimate of drug-likeness (QED) is 0.172. The Morgan fingerprint density at radius 2 is 1.65 bits per heavy atom. The molecule has 286 valence electrons. The van der Waals surface area contributed by atoms with Gasteiger partial charge in [-0.3, -0.25) is 24.0 Å². The second-order valence-corrected chi connectivity index (χ2v) is 16.3. The minimum Gasteiger partial charge on any atom is -0.469 e. The summed E-state index contributed by atoms with van der Waals surface area (Å²) in [7, 11) is 5.01. The van der Waals surface area contributed by atoms with Gasteiger partial charge in [-0.2, -0.15) is 0 Å². The Morgan fingerprint density at radius 3 is 2.21 bits per heavy atom. The molecule has 3 fully saturated rings. The molecule has 12 nitrogen and oxygen atoms in total. The number of thiazole rings is 1. The van der Waals surface area contributed by atoms with E-state index in [1.54, 1.807) is 24.3 Å². The van der Waals surface area contributed by atoms with Crippen LogP contribution in [0, 0.1) is 23.2 Å². The number of amides is 3. The molecule has 3 amide bonds. The maximum Gasteiger partial charge on any atom is 0.308 e. The Kier molecular flexibility index (Phi) is 13.6. The molecule has 52 heavy (non-hydrogen) atoms. The van der Waals surface area contributed by atoms with Crippen LogP contribution in [-0.2, 0) is 35.1 Å². The number of carbonyl (C=O) groups excluding carboxylic acids is 5. The maximum absolute atomic E-state index is 14.2. The first-order valence-electron chi connectivity index (χ1n) is 18.4. The van der Waals surface area contributed by atoms with Crippen LogP contribution in [0.3, 0.4) is 0 Å². The summed E-state index contributed by atoms with van der Waals surface area (Å²) in [5.41, 5.74) is 0.831. The first-order chi connectivity index (χ1) is 24.6. The van der Waals surface area contributed by atoms with Gasteiger partial charge in [0, 0.05) is 43.4 Å². The molecule has 2 bridgehead atoms. The number of nitrogens with zero attached hydrogens (tertiary/aromatic N) is 2. The molecule has 0 unspecified atom stereocenters. The fourth-order valence-electron chi connectivity index (χ4n) is 7.77. The van der Waals surface area contributed by atoms with Crippen LogP contribution in [0.2, 0.25) is 0 Å². The molecule has 0 spiro atoms. The Hall–Kier alpha value is -3.84. The fraction of sp³-hybridized carbons (Fsp3) is 0.641. The van der Waals surface area contributed by atoms with E-state index in [0.29, 0.717) is 24.3 Å². The monoisotopic (exact) mass is 739 g/mol. The lowest BCUT2D eigenvalue weighted by molar-refractivity contribution is -0.181. The topological polar surface area (TPSA) is 156 Å². The van der Waals surface area contributed by atoms with Crippen molar-refractivity contribution in [3.8, 4) is 0 Å². The third kappa shape index (κ3) is 9.38. The van der Waals surface area contributed by atoms with Crippen molar-refractivity contribution in [2.45, 2.75) is 116 Å². The number of methoxy groups -OCH3 is 1. The Bertz CT molecular complexity index is 1560. The highest BCUT2D eigenvalue weighted by molar-refractivity contribution is 7.09. The van der Waals surface area contributed by atoms with Gasteiger partial charge in [-0.15, -0.1) is 11.3 Å². The largest absolute Gasteiger partial charge is 0.469 e. The second-order valence-electron chi connectivity index (χ2n) is 15.4. The zero-order chi connectivity index (χ0) is 38.4. The first-order valence-corrected chi connectivity index (χ1v) is 19.3. The van der Waals surface area contributed by atoms with Gasteiger partial charge in [-0.05, 0) is 56.6 Å². The number of aromatic nitrogens is 1. The summed E-state index contributed by atoms with van der Waals surface area (Å²) in [5.74, 6) is -2.10. The van der Waals surface area contributed by atoms with E-state index in [1.165, 1.54) is 25.4 Å². The molecule has 13 heteroatoms. The molecule has 1 heterocycles. The Morgan fingerprint density at radius 1 is 1.00 bits per heavy atom. The SMILES string of the molecule is CC[C@H](C)[C@H](NC(=O)C12CC(NC)(C1)C2)C(=O)N(C)[C@H](C[C@@H](OC(C)=O)c1nc(C(=O)N[C@@H](Cc2ccccc2)C[C@H](C)C(=O)OC)cs1)C(C)C. The standard InChI is InChI=1S/C39H57N5O7S/c1-10-24(4)32(43-37(49)38-20-39(21-38,22-38)40-7)35(47)44(8)30(23(2)3)18-31(51-26(6)45)34-42-29(19-52-34)33(46)41-28(16-25(5)36(48)50-9)17-27-14-12-11-13-15-27/h11-15,19,23-25,28,30-32,40H,10,16-18,20-22H2,1-9H3,(H,41,46)(H,43,49)/t24-,25-,28+,30+,31+,32-,38?,39?/m0/s1. The molecule has 0 saturated heterocycles. The van der Waals surface area contributed by atoms with E-state index < -0.39 is 35.4 Å². The number of benzene rings is 1. The Labute approximate surface area is 312 Å². The lowest BCUT2D eigenvalue weighted by Crippen LogP contribution is -2.77. The minimum absolute atomic E-state index is 0.0355. The molecule has 3 N–H and O–H groups in total.